The summed E-state index contributed by atoms with van der Waals surface area (Å²) in [5.41, 5.74) is 6.53. The van der Waals surface area contributed by atoms with Crippen LogP contribution in [0, 0.1) is 5.92 Å². The Kier molecular flexibility index (Phi) is 4.07. The standard InChI is InChI=1S/C14H19NO3/c1-17-14(16)13-11(15)7-4-8-12(13)18-9-10-5-2-3-6-10/h4,7-8,10H,2-3,5-6,9,15H2,1H3. The summed E-state index contributed by atoms with van der Waals surface area (Å²) >= 11 is 0. The molecule has 1 aliphatic carbocycles. The highest BCUT2D eigenvalue weighted by molar-refractivity contribution is 5.98. The SMILES string of the molecule is COC(=O)c1c(N)cccc1OCC1CCCC1. The maximum Gasteiger partial charge on any atom is 0.343 e. The number of anilines is 1. The summed E-state index contributed by atoms with van der Waals surface area (Å²) in [7, 11) is 1.34. The third-order valence-electron chi connectivity index (χ3n) is 3.40. The van der Waals surface area contributed by atoms with Crippen molar-refractivity contribution < 1.29 is 14.3 Å². The summed E-state index contributed by atoms with van der Waals surface area (Å²) in [5.74, 6) is 0.667. The van der Waals surface area contributed by atoms with Crippen LogP contribution in [0.1, 0.15) is 36.0 Å². The summed E-state index contributed by atoms with van der Waals surface area (Å²) in [4.78, 5) is 11.7. The van der Waals surface area contributed by atoms with Crippen LogP contribution < -0.4 is 10.5 Å². The number of methoxy groups -OCH3 is 1. The van der Waals surface area contributed by atoms with E-state index in [0.717, 1.165) is 0 Å². The number of esters is 1. The highest BCUT2D eigenvalue weighted by atomic mass is 16.5. The van der Waals surface area contributed by atoms with E-state index in [1.165, 1.54) is 32.8 Å². The number of benzene rings is 1. The molecule has 0 bridgehead atoms. The molecule has 0 saturated heterocycles. The largest absolute Gasteiger partial charge is 0.492 e. The molecule has 98 valence electrons. The first-order valence-electron chi connectivity index (χ1n) is 6.32. The average molecular weight is 249 g/mol. The Morgan fingerprint density at radius 2 is 2.11 bits per heavy atom. The highest BCUT2D eigenvalue weighted by Crippen LogP contribution is 2.29. The Hall–Kier alpha value is -1.71. The highest BCUT2D eigenvalue weighted by Gasteiger charge is 2.19. The van der Waals surface area contributed by atoms with E-state index >= 15 is 0 Å². The predicted octanol–water partition coefficient (Wildman–Crippen LogP) is 2.62. The first kappa shape index (κ1) is 12.7. The molecule has 2 rings (SSSR count). The molecular formula is C14H19NO3. The number of rotatable bonds is 4. The minimum absolute atomic E-state index is 0.331. The van der Waals surface area contributed by atoms with Crippen LogP contribution in [0.3, 0.4) is 0 Å². The molecule has 0 spiro atoms. The zero-order valence-corrected chi connectivity index (χ0v) is 10.6. The van der Waals surface area contributed by atoms with Gasteiger partial charge in [0.2, 0.25) is 0 Å². The topological polar surface area (TPSA) is 61.5 Å². The Labute approximate surface area is 107 Å². The number of hydrogen-bond donors (Lipinski definition) is 1. The lowest BCUT2D eigenvalue weighted by Crippen LogP contribution is -2.13. The molecular weight excluding hydrogens is 230 g/mol. The van der Waals surface area contributed by atoms with E-state index in [-0.39, 0.29) is 0 Å². The van der Waals surface area contributed by atoms with E-state index < -0.39 is 5.97 Å². The van der Waals surface area contributed by atoms with Gasteiger partial charge in [0.1, 0.15) is 11.3 Å². The quantitative estimate of drug-likeness (QED) is 0.658. The van der Waals surface area contributed by atoms with E-state index in [0.29, 0.717) is 29.5 Å². The van der Waals surface area contributed by atoms with Gasteiger partial charge < -0.3 is 15.2 Å². The minimum atomic E-state index is -0.450. The van der Waals surface area contributed by atoms with Gasteiger partial charge in [-0.25, -0.2) is 4.79 Å². The molecule has 0 aliphatic heterocycles. The van der Waals surface area contributed by atoms with Crippen molar-refractivity contribution in [3.8, 4) is 5.75 Å². The fourth-order valence-electron chi connectivity index (χ4n) is 2.37. The number of nitrogen functional groups attached to an aromatic ring is 1. The van der Waals surface area contributed by atoms with Crippen LogP contribution in [0.25, 0.3) is 0 Å². The molecule has 18 heavy (non-hydrogen) atoms. The monoisotopic (exact) mass is 249 g/mol. The number of hydrogen-bond acceptors (Lipinski definition) is 4. The third-order valence-corrected chi connectivity index (χ3v) is 3.40. The van der Waals surface area contributed by atoms with Gasteiger partial charge >= 0.3 is 5.97 Å². The molecule has 4 nitrogen and oxygen atoms in total. The molecule has 0 heterocycles. The Morgan fingerprint density at radius 3 is 2.78 bits per heavy atom. The smallest absolute Gasteiger partial charge is 0.343 e. The molecule has 0 aromatic heterocycles. The van der Waals surface area contributed by atoms with Gasteiger partial charge in [-0.05, 0) is 30.9 Å². The minimum Gasteiger partial charge on any atom is -0.492 e. The second-order valence-electron chi connectivity index (χ2n) is 4.67. The molecule has 1 aromatic rings. The van der Waals surface area contributed by atoms with Gasteiger partial charge in [0, 0.05) is 5.69 Å². The number of nitrogens with two attached hydrogens (primary N) is 1. The van der Waals surface area contributed by atoms with E-state index in [1.54, 1.807) is 18.2 Å². The molecule has 4 heteroatoms. The molecule has 1 saturated carbocycles. The second-order valence-corrected chi connectivity index (χ2v) is 4.67. The van der Waals surface area contributed by atoms with Gasteiger partial charge in [-0.1, -0.05) is 18.9 Å². The normalized spacial score (nSPS) is 15.6. The maximum atomic E-state index is 11.7. The van der Waals surface area contributed by atoms with Crippen molar-refractivity contribution >= 4 is 11.7 Å². The fraction of sp³-hybridized carbons (Fsp3) is 0.500. The molecule has 0 atom stereocenters. The zero-order valence-electron chi connectivity index (χ0n) is 10.6. The van der Waals surface area contributed by atoms with E-state index in [1.807, 2.05) is 0 Å². The Balaban J connectivity index is 2.11. The van der Waals surface area contributed by atoms with Crippen molar-refractivity contribution in [2.24, 2.45) is 5.92 Å². The molecule has 1 fully saturated rings. The predicted molar refractivity (Wildman–Crippen MR) is 69.6 cm³/mol. The number of carbonyl (C=O) groups is 1. The van der Waals surface area contributed by atoms with Crippen molar-refractivity contribution in [3.05, 3.63) is 23.8 Å². The van der Waals surface area contributed by atoms with Crippen LogP contribution in [0.4, 0.5) is 5.69 Å². The number of ether oxygens (including phenoxy) is 2. The van der Waals surface area contributed by atoms with Gasteiger partial charge in [0.25, 0.3) is 0 Å². The summed E-state index contributed by atoms with van der Waals surface area (Å²) in [5, 5.41) is 0. The van der Waals surface area contributed by atoms with Gasteiger partial charge in [0.15, 0.2) is 0 Å². The van der Waals surface area contributed by atoms with Crippen molar-refractivity contribution in [2.75, 3.05) is 19.5 Å². The van der Waals surface area contributed by atoms with Crippen molar-refractivity contribution in [3.63, 3.8) is 0 Å². The van der Waals surface area contributed by atoms with Crippen LogP contribution >= 0.6 is 0 Å². The van der Waals surface area contributed by atoms with Crippen molar-refractivity contribution in [1.82, 2.24) is 0 Å². The molecule has 1 aliphatic rings. The zero-order chi connectivity index (χ0) is 13.0. The fourth-order valence-corrected chi connectivity index (χ4v) is 2.37. The van der Waals surface area contributed by atoms with Crippen LogP contribution in [0.2, 0.25) is 0 Å². The van der Waals surface area contributed by atoms with Crippen LogP contribution in [0.15, 0.2) is 18.2 Å². The summed E-state index contributed by atoms with van der Waals surface area (Å²) in [6.45, 7) is 0.646. The van der Waals surface area contributed by atoms with E-state index in [2.05, 4.69) is 0 Å². The summed E-state index contributed by atoms with van der Waals surface area (Å²) in [6.07, 6.45) is 4.95. The average Bonchev–Trinajstić information content (AvgIpc) is 2.88. The van der Waals surface area contributed by atoms with Gasteiger partial charge in [-0.2, -0.15) is 0 Å². The van der Waals surface area contributed by atoms with Gasteiger partial charge in [-0.15, -0.1) is 0 Å². The van der Waals surface area contributed by atoms with Crippen molar-refractivity contribution in [2.45, 2.75) is 25.7 Å². The van der Waals surface area contributed by atoms with Gasteiger partial charge in [0.05, 0.1) is 13.7 Å². The molecule has 1 aromatic carbocycles. The molecule has 0 unspecified atom stereocenters. The second kappa shape index (κ2) is 5.76. The Bertz CT molecular complexity index is 425. The maximum absolute atomic E-state index is 11.7. The number of carbonyl (C=O) groups excluding carboxylic acids is 1. The third kappa shape index (κ3) is 2.75. The first-order valence-corrected chi connectivity index (χ1v) is 6.32. The lowest BCUT2D eigenvalue weighted by atomic mass is 10.1. The van der Waals surface area contributed by atoms with Crippen LogP contribution in [-0.2, 0) is 4.74 Å². The van der Waals surface area contributed by atoms with Crippen LogP contribution in [0.5, 0.6) is 5.75 Å². The van der Waals surface area contributed by atoms with Crippen LogP contribution in [-0.4, -0.2) is 19.7 Å². The lowest BCUT2D eigenvalue weighted by Gasteiger charge is -2.14. The molecule has 2 N–H and O–H groups in total. The lowest BCUT2D eigenvalue weighted by molar-refractivity contribution is 0.0596. The van der Waals surface area contributed by atoms with E-state index in [9.17, 15) is 4.79 Å². The van der Waals surface area contributed by atoms with Crippen molar-refractivity contribution in [1.29, 1.82) is 0 Å². The van der Waals surface area contributed by atoms with Gasteiger partial charge in [-0.3, -0.25) is 0 Å². The summed E-state index contributed by atoms with van der Waals surface area (Å²) in [6, 6.07) is 5.22. The molecule has 0 amide bonds. The first-order chi connectivity index (χ1) is 8.72. The Morgan fingerprint density at radius 1 is 1.39 bits per heavy atom. The van der Waals surface area contributed by atoms with E-state index in [4.69, 9.17) is 15.2 Å². The molecule has 0 radical (unpaired) electrons. The summed E-state index contributed by atoms with van der Waals surface area (Å²) < 4.78 is 10.5.